The summed E-state index contributed by atoms with van der Waals surface area (Å²) in [6, 6.07) is 18.2. The summed E-state index contributed by atoms with van der Waals surface area (Å²) < 4.78 is 5.21. The number of piperazine rings is 1. The van der Waals surface area contributed by atoms with E-state index in [4.69, 9.17) is 4.74 Å². The Labute approximate surface area is 155 Å². The third-order valence-electron chi connectivity index (χ3n) is 4.85. The van der Waals surface area contributed by atoms with Crippen molar-refractivity contribution in [3.63, 3.8) is 0 Å². The molecule has 0 unspecified atom stereocenters. The minimum absolute atomic E-state index is 0.0317. The molecular formula is C21H27N3O2. The van der Waals surface area contributed by atoms with Crippen LogP contribution in [-0.2, 0) is 4.79 Å². The normalized spacial score (nSPS) is 16.2. The second kappa shape index (κ2) is 8.72. The van der Waals surface area contributed by atoms with Gasteiger partial charge in [0.05, 0.1) is 19.7 Å². The maximum atomic E-state index is 12.3. The van der Waals surface area contributed by atoms with Gasteiger partial charge in [0.2, 0.25) is 5.91 Å². The van der Waals surface area contributed by atoms with Crippen LogP contribution < -0.4 is 15.0 Å². The van der Waals surface area contributed by atoms with E-state index in [9.17, 15) is 4.79 Å². The Hall–Kier alpha value is -2.53. The van der Waals surface area contributed by atoms with E-state index in [0.717, 1.165) is 37.5 Å². The van der Waals surface area contributed by atoms with Gasteiger partial charge in [-0.3, -0.25) is 9.69 Å². The van der Waals surface area contributed by atoms with Crippen LogP contribution in [0.25, 0.3) is 0 Å². The van der Waals surface area contributed by atoms with Gasteiger partial charge in [-0.1, -0.05) is 30.3 Å². The summed E-state index contributed by atoms with van der Waals surface area (Å²) in [6.45, 7) is 6.10. The zero-order valence-corrected chi connectivity index (χ0v) is 15.5. The molecule has 1 atom stereocenters. The smallest absolute Gasteiger partial charge is 0.234 e. The third-order valence-corrected chi connectivity index (χ3v) is 4.85. The molecule has 2 aromatic carbocycles. The van der Waals surface area contributed by atoms with Crippen LogP contribution in [0.1, 0.15) is 18.5 Å². The lowest BCUT2D eigenvalue weighted by Gasteiger charge is -2.36. The molecule has 3 rings (SSSR count). The quantitative estimate of drug-likeness (QED) is 0.867. The highest BCUT2D eigenvalue weighted by Crippen LogP contribution is 2.20. The second-order valence-electron chi connectivity index (χ2n) is 6.66. The van der Waals surface area contributed by atoms with Crippen molar-refractivity contribution in [2.75, 3.05) is 44.7 Å². The highest BCUT2D eigenvalue weighted by Gasteiger charge is 2.20. The Morgan fingerprint density at radius 2 is 1.69 bits per heavy atom. The second-order valence-corrected chi connectivity index (χ2v) is 6.66. The van der Waals surface area contributed by atoms with E-state index in [2.05, 4.69) is 27.2 Å². The van der Waals surface area contributed by atoms with E-state index in [1.807, 2.05) is 49.4 Å². The lowest BCUT2D eigenvalue weighted by atomic mass is 10.1. The Balaban J connectivity index is 1.45. The van der Waals surface area contributed by atoms with E-state index in [0.29, 0.717) is 6.54 Å². The molecule has 26 heavy (non-hydrogen) atoms. The van der Waals surface area contributed by atoms with Crippen LogP contribution in [0.3, 0.4) is 0 Å². The number of nitrogens with one attached hydrogen (secondary N) is 1. The Bertz CT molecular complexity index is 695. The van der Waals surface area contributed by atoms with Crippen molar-refractivity contribution in [2.24, 2.45) is 0 Å². The topological polar surface area (TPSA) is 44.8 Å². The molecule has 1 fully saturated rings. The number of carbonyl (C=O) groups is 1. The fourth-order valence-corrected chi connectivity index (χ4v) is 3.27. The molecule has 0 aromatic heterocycles. The molecule has 2 aromatic rings. The first-order valence-corrected chi connectivity index (χ1v) is 9.11. The minimum Gasteiger partial charge on any atom is -0.497 e. The Kier molecular flexibility index (Phi) is 6.12. The van der Waals surface area contributed by atoms with E-state index < -0.39 is 0 Å². The van der Waals surface area contributed by atoms with Gasteiger partial charge in [-0.2, -0.15) is 0 Å². The molecule has 138 valence electrons. The third kappa shape index (κ3) is 4.76. The fourth-order valence-electron chi connectivity index (χ4n) is 3.27. The lowest BCUT2D eigenvalue weighted by molar-refractivity contribution is -0.123. The predicted octanol–water partition coefficient (Wildman–Crippen LogP) is 2.69. The van der Waals surface area contributed by atoms with E-state index >= 15 is 0 Å². The van der Waals surface area contributed by atoms with Gasteiger partial charge in [0.15, 0.2) is 0 Å². The monoisotopic (exact) mass is 353 g/mol. The molecule has 0 spiro atoms. The lowest BCUT2D eigenvalue weighted by Crippen LogP contribution is -2.49. The van der Waals surface area contributed by atoms with Gasteiger partial charge in [-0.15, -0.1) is 0 Å². The van der Waals surface area contributed by atoms with Crippen LogP contribution in [0.5, 0.6) is 5.75 Å². The predicted molar refractivity (Wildman–Crippen MR) is 105 cm³/mol. The van der Waals surface area contributed by atoms with Gasteiger partial charge in [-0.05, 0) is 36.8 Å². The molecule has 0 bridgehead atoms. The van der Waals surface area contributed by atoms with Crippen molar-refractivity contribution in [3.8, 4) is 5.75 Å². The molecule has 0 radical (unpaired) electrons. The number of ether oxygens (including phenoxy) is 1. The number of rotatable bonds is 6. The SMILES string of the molecule is COc1ccc(N2CCN(CC(=O)N[C@H](C)c3ccccc3)CC2)cc1. The number of benzene rings is 2. The van der Waals surface area contributed by atoms with Gasteiger partial charge in [0.25, 0.3) is 0 Å². The van der Waals surface area contributed by atoms with Gasteiger partial charge in [-0.25, -0.2) is 0 Å². The molecule has 1 saturated heterocycles. The molecule has 0 aliphatic carbocycles. The largest absolute Gasteiger partial charge is 0.497 e. The first kappa shape index (κ1) is 18.3. The number of anilines is 1. The van der Waals surface area contributed by atoms with Crippen LogP contribution >= 0.6 is 0 Å². The summed E-state index contributed by atoms with van der Waals surface area (Å²) in [6.07, 6.45) is 0. The first-order chi connectivity index (χ1) is 12.7. The highest BCUT2D eigenvalue weighted by molar-refractivity contribution is 5.78. The standard InChI is InChI=1S/C21H27N3O2/c1-17(18-6-4-3-5-7-18)22-21(25)16-23-12-14-24(15-13-23)19-8-10-20(26-2)11-9-19/h3-11,17H,12-16H2,1-2H3,(H,22,25)/t17-/m1/s1. The van der Waals surface area contributed by atoms with Gasteiger partial charge < -0.3 is 15.0 Å². The van der Waals surface area contributed by atoms with Crippen molar-refractivity contribution in [1.29, 1.82) is 0 Å². The molecule has 0 saturated carbocycles. The van der Waals surface area contributed by atoms with Crippen LogP contribution in [0.4, 0.5) is 5.69 Å². The molecule has 1 heterocycles. The van der Waals surface area contributed by atoms with E-state index in [1.165, 1.54) is 5.69 Å². The van der Waals surface area contributed by atoms with E-state index in [1.54, 1.807) is 7.11 Å². The maximum absolute atomic E-state index is 12.3. The minimum atomic E-state index is 0.0317. The zero-order valence-electron chi connectivity index (χ0n) is 15.5. The molecule has 5 nitrogen and oxygen atoms in total. The van der Waals surface area contributed by atoms with Crippen molar-refractivity contribution >= 4 is 11.6 Å². The number of hydrogen-bond donors (Lipinski definition) is 1. The number of carbonyl (C=O) groups excluding carboxylic acids is 1. The fraction of sp³-hybridized carbons (Fsp3) is 0.381. The van der Waals surface area contributed by atoms with Gasteiger partial charge in [0.1, 0.15) is 5.75 Å². The maximum Gasteiger partial charge on any atom is 0.234 e. The highest BCUT2D eigenvalue weighted by atomic mass is 16.5. The molecular weight excluding hydrogens is 326 g/mol. The number of hydrogen-bond acceptors (Lipinski definition) is 4. The number of amides is 1. The van der Waals surface area contributed by atoms with Crippen molar-refractivity contribution in [2.45, 2.75) is 13.0 Å². The first-order valence-electron chi connectivity index (χ1n) is 9.11. The molecule has 1 amide bonds. The molecule has 5 heteroatoms. The number of methoxy groups -OCH3 is 1. The summed E-state index contributed by atoms with van der Waals surface area (Å²) in [4.78, 5) is 16.9. The van der Waals surface area contributed by atoms with E-state index in [-0.39, 0.29) is 11.9 Å². The Morgan fingerprint density at radius 1 is 1.04 bits per heavy atom. The average Bonchev–Trinajstić information content (AvgIpc) is 2.69. The molecule has 1 aliphatic heterocycles. The average molecular weight is 353 g/mol. The molecule has 1 N–H and O–H groups in total. The van der Waals surface area contributed by atoms with Crippen LogP contribution in [0.2, 0.25) is 0 Å². The van der Waals surface area contributed by atoms with Crippen molar-refractivity contribution < 1.29 is 9.53 Å². The van der Waals surface area contributed by atoms with Crippen molar-refractivity contribution in [3.05, 3.63) is 60.2 Å². The van der Waals surface area contributed by atoms with Crippen molar-refractivity contribution in [1.82, 2.24) is 10.2 Å². The number of nitrogens with zero attached hydrogens (tertiary/aromatic N) is 2. The summed E-state index contributed by atoms with van der Waals surface area (Å²) >= 11 is 0. The van der Waals surface area contributed by atoms with Crippen LogP contribution in [0, 0.1) is 0 Å². The summed E-state index contributed by atoms with van der Waals surface area (Å²) in [5, 5.41) is 3.09. The van der Waals surface area contributed by atoms with Crippen LogP contribution in [-0.4, -0.2) is 50.6 Å². The Morgan fingerprint density at radius 3 is 2.31 bits per heavy atom. The summed E-state index contributed by atoms with van der Waals surface area (Å²) in [7, 11) is 1.68. The molecule has 1 aliphatic rings. The van der Waals surface area contributed by atoms with Gasteiger partial charge >= 0.3 is 0 Å². The summed E-state index contributed by atoms with van der Waals surface area (Å²) in [5.74, 6) is 0.954. The van der Waals surface area contributed by atoms with Gasteiger partial charge in [0, 0.05) is 31.9 Å². The zero-order chi connectivity index (χ0) is 18.4. The van der Waals surface area contributed by atoms with Crippen LogP contribution in [0.15, 0.2) is 54.6 Å². The summed E-state index contributed by atoms with van der Waals surface area (Å²) in [5.41, 5.74) is 2.33.